The van der Waals surface area contributed by atoms with Crippen molar-refractivity contribution >= 4 is 39.9 Å². The lowest BCUT2D eigenvalue weighted by molar-refractivity contribution is -0.127. The number of benzene rings is 1. The number of anilines is 1. The zero-order valence-electron chi connectivity index (χ0n) is 13.6. The molecule has 0 aliphatic rings. The fourth-order valence-electron chi connectivity index (χ4n) is 1.96. The van der Waals surface area contributed by atoms with E-state index in [4.69, 9.17) is 11.6 Å². The number of nitrogens with one attached hydrogen (secondary N) is 2. The van der Waals surface area contributed by atoms with Crippen molar-refractivity contribution in [3.63, 3.8) is 0 Å². The van der Waals surface area contributed by atoms with Crippen molar-refractivity contribution in [2.75, 3.05) is 5.32 Å². The van der Waals surface area contributed by atoms with Crippen LogP contribution in [0.4, 0.5) is 5.13 Å². The highest BCUT2D eigenvalue weighted by atomic mass is 35.5. The third-order valence-electron chi connectivity index (χ3n) is 3.28. The number of carbonyl (C=O) groups is 2. The zero-order valence-corrected chi connectivity index (χ0v) is 15.2. The van der Waals surface area contributed by atoms with Gasteiger partial charge >= 0.3 is 0 Å². The van der Waals surface area contributed by atoms with E-state index < -0.39 is 11.4 Å². The smallest absolute Gasteiger partial charge is 0.249 e. The van der Waals surface area contributed by atoms with Crippen molar-refractivity contribution in [2.24, 2.45) is 5.92 Å². The van der Waals surface area contributed by atoms with Crippen molar-refractivity contribution in [2.45, 2.75) is 32.2 Å². The van der Waals surface area contributed by atoms with Gasteiger partial charge in [0.1, 0.15) is 16.4 Å². The van der Waals surface area contributed by atoms with E-state index in [0.29, 0.717) is 10.1 Å². The molecule has 0 bridgehead atoms. The normalized spacial score (nSPS) is 13.4. The van der Waals surface area contributed by atoms with E-state index in [9.17, 15) is 9.59 Å². The molecule has 2 N–H and O–H groups in total. The molecule has 24 heavy (non-hydrogen) atoms. The second-order valence-corrected chi connectivity index (χ2v) is 7.25. The molecule has 6 nitrogen and oxygen atoms in total. The predicted molar refractivity (Wildman–Crippen MR) is 96.1 cm³/mol. The third-order valence-corrected chi connectivity index (χ3v) is 4.37. The van der Waals surface area contributed by atoms with Gasteiger partial charge in [0.15, 0.2) is 0 Å². The molecule has 2 rings (SSSR count). The number of hydrogen-bond donors (Lipinski definition) is 2. The molecule has 2 atom stereocenters. The predicted octanol–water partition coefficient (Wildman–Crippen LogP) is 2.91. The molecule has 2 unspecified atom stereocenters. The summed E-state index contributed by atoms with van der Waals surface area (Å²) in [5.41, 5.74) is 0.931. The summed E-state index contributed by atoms with van der Waals surface area (Å²) >= 11 is 7.02. The summed E-state index contributed by atoms with van der Waals surface area (Å²) in [5.74, 6) is -0.815. The number of carbonyl (C=O) groups excluding carboxylic acids is 2. The Morgan fingerprint density at radius 2 is 1.75 bits per heavy atom. The Kier molecular flexibility index (Phi) is 6.28. The quantitative estimate of drug-likeness (QED) is 0.770. The van der Waals surface area contributed by atoms with Crippen LogP contribution in [0, 0.1) is 5.92 Å². The molecule has 0 fully saturated rings. The van der Waals surface area contributed by atoms with Gasteiger partial charge in [-0.25, -0.2) is 0 Å². The van der Waals surface area contributed by atoms with Crippen LogP contribution >= 0.6 is 22.9 Å². The first-order valence-electron chi connectivity index (χ1n) is 7.52. The Hall–Kier alpha value is -1.99. The maximum atomic E-state index is 12.4. The van der Waals surface area contributed by atoms with Crippen LogP contribution in [0.15, 0.2) is 30.3 Å². The average molecular weight is 367 g/mol. The Bertz CT molecular complexity index is 703. The zero-order chi connectivity index (χ0) is 17.7. The first-order valence-corrected chi connectivity index (χ1v) is 8.78. The van der Waals surface area contributed by atoms with Crippen molar-refractivity contribution in [1.29, 1.82) is 0 Å². The SMILES string of the molecule is CC(Cl)C(=O)NC(C(=O)Nc1nnc(-c2ccccc2)s1)C(C)C. The minimum absolute atomic E-state index is 0.0918. The molecular formula is C16H19ClN4O2S. The molecule has 0 spiro atoms. The minimum atomic E-state index is -0.703. The van der Waals surface area contributed by atoms with Crippen LogP contribution in [-0.2, 0) is 9.59 Å². The van der Waals surface area contributed by atoms with Crippen molar-refractivity contribution in [1.82, 2.24) is 15.5 Å². The van der Waals surface area contributed by atoms with Gasteiger partial charge in [0.2, 0.25) is 16.9 Å². The van der Waals surface area contributed by atoms with Gasteiger partial charge in [-0.15, -0.1) is 21.8 Å². The minimum Gasteiger partial charge on any atom is -0.343 e. The van der Waals surface area contributed by atoms with Gasteiger partial charge in [-0.05, 0) is 12.8 Å². The second kappa shape index (κ2) is 8.21. The van der Waals surface area contributed by atoms with Gasteiger partial charge in [0.05, 0.1) is 0 Å². The van der Waals surface area contributed by atoms with Gasteiger partial charge in [-0.2, -0.15) is 0 Å². The van der Waals surface area contributed by atoms with Gasteiger partial charge < -0.3 is 5.32 Å². The molecular weight excluding hydrogens is 348 g/mol. The van der Waals surface area contributed by atoms with Crippen LogP contribution in [0.25, 0.3) is 10.6 Å². The molecule has 1 heterocycles. The molecule has 0 aliphatic carbocycles. The van der Waals surface area contributed by atoms with Gasteiger partial charge in [-0.3, -0.25) is 14.9 Å². The molecule has 0 saturated carbocycles. The molecule has 2 aromatic rings. The van der Waals surface area contributed by atoms with Crippen molar-refractivity contribution in [3.05, 3.63) is 30.3 Å². The Morgan fingerprint density at radius 1 is 1.08 bits per heavy atom. The van der Waals surface area contributed by atoms with Crippen LogP contribution in [-0.4, -0.2) is 33.4 Å². The van der Waals surface area contributed by atoms with Gasteiger partial charge in [-0.1, -0.05) is 55.5 Å². The topological polar surface area (TPSA) is 84.0 Å². The number of halogens is 1. The molecule has 128 valence electrons. The van der Waals surface area contributed by atoms with Crippen LogP contribution in [0.5, 0.6) is 0 Å². The molecule has 8 heteroatoms. The first kappa shape index (κ1) is 18.4. The summed E-state index contributed by atoms with van der Waals surface area (Å²) in [5, 5.41) is 13.8. The summed E-state index contributed by atoms with van der Waals surface area (Å²) in [6.07, 6.45) is 0. The van der Waals surface area contributed by atoms with Crippen LogP contribution in [0.3, 0.4) is 0 Å². The third kappa shape index (κ3) is 4.75. The van der Waals surface area contributed by atoms with E-state index in [1.54, 1.807) is 6.92 Å². The van der Waals surface area contributed by atoms with E-state index in [1.807, 2.05) is 44.2 Å². The number of aromatic nitrogens is 2. The summed E-state index contributed by atoms with van der Waals surface area (Å²) in [7, 11) is 0. The highest BCUT2D eigenvalue weighted by Gasteiger charge is 2.26. The summed E-state index contributed by atoms with van der Waals surface area (Å²) in [4.78, 5) is 24.2. The fraction of sp³-hybridized carbons (Fsp3) is 0.375. The number of amides is 2. The van der Waals surface area contributed by atoms with E-state index in [0.717, 1.165) is 5.56 Å². The lowest BCUT2D eigenvalue weighted by Gasteiger charge is -2.21. The number of alkyl halides is 1. The molecule has 0 aliphatic heterocycles. The molecule has 0 radical (unpaired) electrons. The monoisotopic (exact) mass is 366 g/mol. The van der Waals surface area contributed by atoms with E-state index >= 15 is 0 Å². The number of nitrogens with zero attached hydrogens (tertiary/aromatic N) is 2. The Balaban J connectivity index is 2.07. The highest BCUT2D eigenvalue weighted by Crippen LogP contribution is 2.26. The maximum Gasteiger partial charge on any atom is 0.249 e. The second-order valence-electron chi connectivity index (χ2n) is 5.61. The van der Waals surface area contributed by atoms with Crippen LogP contribution < -0.4 is 10.6 Å². The first-order chi connectivity index (χ1) is 11.4. The van der Waals surface area contributed by atoms with Crippen LogP contribution in [0.1, 0.15) is 20.8 Å². The van der Waals surface area contributed by atoms with Gasteiger partial charge in [0.25, 0.3) is 0 Å². The fourth-order valence-corrected chi connectivity index (χ4v) is 2.77. The summed E-state index contributed by atoms with van der Waals surface area (Å²) < 4.78 is 0. The van der Waals surface area contributed by atoms with Gasteiger partial charge in [0, 0.05) is 5.56 Å². The van der Waals surface area contributed by atoms with E-state index in [-0.39, 0.29) is 17.7 Å². The molecule has 1 aromatic heterocycles. The summed E-state index contributed by atoms with van der Waals surface area (Å²) in [6, 6.07) is 8.89. The van der Waals surface area contributed by atoms with E-state index in [1.165, 1.54) is 11.3 Å². The van der Waals surface area contributed by atoms with Crippen molar-refractivity contribution < 1.29 is 9.59 Å². The Morgan fingerprint density at radius 3 is 2.33 bits per heavy atom. The van der Waals surface area contributed by atoms with E-state index in [2.05, 4.69) is 20.8 Å². The molecule has 0 saturated heterocycles. The number of hydrogen-bond acceptors (Lipinski definition) is 5. The highest BCUT2D eigenvalue weighted by molar-refractivity contribution is 7.18. The maximum absolute atomic E-state index is 12.4. The lowest BCUT2D eigenvalue weighted by atomic mass is 10.0. The lowest BCUT2D eigenvalue weighted by Crippen LogP contribution is -2.48. The van der Waals surface area contributed by atoms with Crippen LogP contribution in [0.2, 0.25) is 0 Å². The summed E-state index contributed by atoms with van der Waals surface area (Å²) in [6.45, 7) is 5.25. The standard InChI is InChI=1S/C16H19ClN4O2S/c1-9(2)12(18-13(22)10(3)17)14(23)19-16-21-20-15(24-16)11-7-5-4-6-8-11/h4-10,12H,1-3H3,(H,18,22)(H,19,21,23). The average Bonchev–Trinajstić information content (AvgIpc) is 3.01. The largest absolute Gasteiger partial charge is 0.343 e. The molecule has 2 amide bonds. The number of rotatable bonds is 6. The Labute approximate surface area is 149 Å². The van der Waals surface area contributed by atoms with Crippen molar-refractivity contribution in [3.8, 4) is 10.6 Å². The molecule has 1 aromatic carbocycles.